The Hall–Kier alpha value is -1.66. The topological polar surface area (TPSA) is 78.0 Å². The smallest absolute Gasteiger partial charge is 0.176 e. The summed E-state index contributed by atoms with van der Waals surface area (Å²) >= 11 is 0. The van der Waals surface area contributed by atoms with Crippen LogP contribution in [0.5, 0.6) is 0 Å². The van der Waals surface area contributed by atoms with Gasteiger partial charge in [-0.05, 0) is 18.1 Å². The summed E-state index contributed by atoms with van der Waals surface area (Å²) in [5.74, 6) is 6.67. The van der Waals surface area contributed by atoms with Crippen LogP contribution >= 0.6 is 0 Å². The quantitative estimate of drug-likeness (QED) is 0.524. The van der Waals surface area contributed by atoms with Crippen LogP contribution in [0.25, 0.3) is 0 Å². The summed E-state index contributed by atoms with van der Waals surface area (Å²) in [6.07, 6.45) is 8.37. The number of hydrogen-bond donors (Lipinski definition) is 3. The molecule has 0 saturated carbocycles. The van der Waals surface area contributed by atoms with Gasteiger partial charge in [-0.15, -0.1) is 0 Å². The number of nitrogens with one attached hydrogen (secondary N) is 2. The predicted octanol–water partition coefficient (Wildman–Crippen LogP) is -0.666. The van der Waals surface area contributed by atoms with Crippen molar-refractivity contribution in [2.75, 3.05) is 13.1 Å². The molecular formula is C11H16N6. The Kier molecular flexibility index (Phi) is 2.66. The Labute approximate surface area is 100.0 Å². The van der Waals surface area contributed by atoms with E-state index in [2.05, 4.69) is 20.6 Å². The van der Waals surface area contributed by atoms with Crippen molar-refractivity contribution in [1.82, 2.24) is 15.6 Å². The van der Waals surface area contributed by atoms with Crippen LogP contribution in [0.4, 0.5) is 0 Å². The summed E-state index contributed by atoms with van der Waals surface area (Å²) in [4.78, 5) is 8.75. The molecule has 6 nitrogen and oxygen atoms in total. The van der Waals surface area contributed by atoms with Crippen LogP contribution < -0.4 is 16.5 Å². The Bertz CT molecular complexity index is 422. The highest BCUT2D eigenvalue weighted by Gasteiger charge is 2.27. The molecule has 0 aromatic rings. The molecule has 3 rings (SSSR count). The Morgan fingerprint density at radius 2 is 2.41 bits per heavy atom. The first kappa shape index (κ1) is 10.5. The van der Waals surface area contributed by atoms with Gasteiger partial charge in [-0.2, -0.15) is 0 Å². The van der Waals surface area contributed by atoms with Crippen molar-refractivity contribution in [3.63, 3.8) is 0 Å². The van der Waals surface area contributed by atoms with E-state index in [1.165, 1.54) is 5.57 Å². The van der Waals surface area contributed by atoms with Gasteiger partial charge in [0.1, 0.15) is 5.84 Å². The predicted molar refractivity (Wildman–Crippen MR) is 67.4 cm³/mol. The normalized spacial score (nSPS) is 32.1. The first-order valence-corrected chi connectivity index (χ1v) is 5.80. The summed E-state index contributed by atoms with van der Waals surface area (Å²) in [5.41, 5.74) is 1.25. The lowest BCUT2D eigenvalue weighted by Crippen LogP contribution is -2.53. The van der Waals surface area contributed by atoms with Gasteiger partial charge < -0.3 is 10.6 Å². The highest BCUT2D eigenvalue weighted by atomic mass is 15.4. The maximum absolute atomic E-state index is 5.79. The number of aliphatic imine (C=N–C) groups is 2. The van der Waals surface area contributed by atoms with Crippen LogP contribution in [0.2, 0.25) is 0 Å². The lowest BCUT2D eigenvalue weighted by molar-refractivity contribution is 0.254. The largest absolute Gasteiger partial charge is 0.364 e. The second kappa shape index (κ2) is 4.31. The molecule has 90 valence electrons. The minimum absolute atomic E-state index is 0.0892. The fraction of sp³-hybridized carbons (Fsp3) is 0.455. The molecule has 0 bridgehead atoms. The Balaban J connectivity index is 1.76. The molecule has 3 heterocycles. The van der Waals surface area contributed by atoms with E-state index in [9.17, 15) is 0 Å². The zero-order valence-corrected chi connectivity index (χ0v) is 9.50. The van der Waals surface area contributed by atoms with E-state index in [1.807, 2.05) is 23.5 Å². The van der Waals surface area contributed by atoms with Gasteiger partial charge >= 0.3 is 0 Å². The Morgan fingerprint density at radius 1 is 1.47 bits per heavy atom. The summed E-state index contributed by atoms with van der Waals surface area (Å²) in [6.45, 7) is 1.69. The van der Waals surface area contributed by atoms with Gasteiger partial charge in [0, 0.05) is 31.7 Å². The molecule has 0 amide bonds. The van der Waals surface area contributed by atoms with Crippen molar-refractivity contribution >= 4 is 12.1 Å². The number of piperidine rings is 1. The molecule has 6 heteroatoms. The lowest BCUT2D eigenvalue weighted by Gasteiger charge is -2.35. The SMILES string of the molecule is NN1CCC2NC(C3N=CC=CN3)=NC=C2C1. The number of amidine groups is 1. The number of nitrogens with zero attached hydrogens (tertiary/aromatic N) is 3. The van der Waals surface area contributed by atoms with E-state index < -0.39 is 0 Å². The van der Waals surface area contributed by atoms with Crippen molar-refractivity contribution in [1.29, 1.82) is 0 Å². The minimum Gasteiger partial charge on any atom is -0.364 e. The van der Waals surface area contributed by atoms with Crippen molar-refractivity contribution in [3.8, 4) is 0 Å². The van der Waals surface area contributed by atoms with E-state index in [-0.39, 0.29) is 6.17 Å². The second-order valence-electron chi connectivity index (χ2n) is 4.40. The zero-order valence-electron chi connectivity index (χ0n) is 9.50. The first-order valence-electron chi connectivity index (χ1n) is 5.80. The molecule has 2 atom stereocenters. The average Bonchev–Trinajstić information content (AvgIpc) is 2.39. The van der Waals surface area contributed by atoms with Crippen LogP contribution in [0.1, 0.15) is 6.42 Å². The number of fused-ring (bicyclic) bond motifs is 1. The Morgan fingerprint density at radius 3 is 3.24 bits per heavy atom. The third-order valence-corrected chi connectivity index (χ3v) is 3.16. The molecule has 1 saturated heterocycles. The van der Waals surface area contributed by atoms with Crippen molar-refractivity contribution < 1.29 is 0 Å². The fourth-order valence-electron chi connectivity index (χ4n) is 2.24. The van der Waals surface area contributed by atoms with E-state index in [0.717, 1.165) is 25.3 Å². The molecule has 0 radical (unpaired) electrons. The zero-order chi connectivity index (χ0) is 11.7. The van der Waals surface area contributed by atoms with Crippen LogP contribution in [-0.4, -0.2) is 42.4 Å². The van der Waals surface area contributed by atoms with Crippen LogP contribution in [0.15, 0.2) is 34.0 Å². The van der Waals surface area contributed by atoms with E-state index in [4.69, 9.17) is 5.84 Å². The summed E-state index contributed by atoms with van der Waals surface area (Å²) < 4.78 is 0. The summed E-state index contributed by atoms with van der Waals surface area (Å²) in [7, 11) is 0. The van der Waals surface area contributed by atoms with E-state index in [0.29, 0.717) is 6.04 Å². The van der Waals surface area contributed by atoms with Crippen molar-refractivity contribution in [2.24, 2.45) is 15.8 Å². The molecule has 17 heavy (non-hydrogen) atoms. The van der Waals surface area contributed by atoms with Gasteiger partial charge in [-0.25, -0.2) is 10.0 Å². The molecule has 1 fully saturated rings. The standard InChI is InChI=1S/C11H16N6/c12-17-5-2-9-8(7-17)6-15-11(16-9)10-13-3-1-4-14-10/h1,3-4,6,9-10,13H,2,5,7,12H2,(H,15,16). The summed E-state index contributed by atoms with van der Waals surface area (Å²) in [6, 6.07) is 0.352. The third kappa shape index (κ3) is 2.09. The molecule has 0 aromatic carbocycles. The number of nitrogens with two attached hydrogens (primary N) is 1. The highest BCUT2D eigenvalue weighted by Crippen LogP contribution is 2.18. The van der Waals surface area contributed by atoms with Gasteiger partial charge in [0.05, 0.1) is 6.04 Å². The molecule has 4 N–H and O–H groups in total. The van der Waals surface area contributed by atoms with Gasteiger partial charge in [0.25, 0.3) is 0 Å². The van der Waals surface area contributed by atoms with Crippen LogP contribution in [0, 0.1) is 0 Å². The average molecular weight is 232 g/mol. The minimum atomic E-state index is -0.0892. The van der Waals surface area contributed by atoms with Crippen LogP contribution in [0.3, 0.4) is 0 Å². The lowest BCUT2D eigenvalue weighted by atomic mass is 9.99. The number of allylic oxidation sites excluding steroid dienone is 1. The molecular weight excluding hydrogens is 216 g/mol. The number of hydrogen-bond acceptors (Lipinski definition) is 6. The number of hydrazine groups is 1. The van der Waals surface area contributed by atoms with Crippen molar-refractivity contribution in [3.05, 3.63) is 24.0 Å². The molecule has 0 aromatic heterocycles. The van der Waals surface area contributed by atoms with Crippen LogP contribution in [-0.2, 0) is 0 Å². The van der Waals surface area contributed by atoms with Gasteiger partial charge in [0.2, 0.25) is 0 Å². The van der Waals surface area contributed by atoms with E-state index >= 15 is 0 Å². The van der Waals surface area contributed by atoms with Gasteiger partial charge in [-0.1, -0.05) is 0 Å². The molecule has 0 aliphatic carbocycles. The van der Waals surface area contributed by atoms with E-state index in [1.54, 1.807) is 6.21 Å². The maximum atomic E-state index is 5.79. The molecule has 0 spiro atoms. The highest BCUT2D eigenvalue weighted by molar-refractivity contribution is 5.91. The number of rotatable bonds is 1. The van der Waals surface area contributed by atoms with Gasteiger partial charge in [-0.3, -0.25) is 10.8 Å². The van der Waals surface area contributed by atoms with Gasteiger partial charge in [0.15, 0.2) is 6.17 Å². The first-order chi connectivity index (χ1) is 8.33. The summed E-state index contributed by atoms with van der Waals surface area (Å²) in [5, 5.41) is 8.42. The molecule has 3 aliphatic heterocycles. The third-order valence-electron chi connectivity index (χ3n) is 3.16. The molecule has 3 aliphatic rings. The second-order valence-corrected chi connectivity index (χ2v) is 4.40. The molecule has 2 unspecified atom stereocenters. The van der Waals surface area contributed by atoms with Crippen molar-refractivity contribution in [2.45, 2.75) is 18.6 Å². The monoisotopic (exact) mass is 232 g/mol. The fourth-order valence-corrected chi connectivity index (χ4v) is 2.24. The maximum Gasteiger partial charge on any atom is 0.176 e.